The van der Waals surface area contributed by atoms with Crippen LogP contribution in [0.4, 0.5) is 10.7 Å². The first-order chi connectivity index (χ1) is 16.7. The van der Waals surface area contributed by atoms with Gasteiger partial charge in [0.15, 0.2) is 5.65 Å². The largest absolute Gasteiger partial charge is 0.444 e. The van der Waals surface area contributed by atoms with E-state index in [4.69, 9.17) is 14.7 Å². The summed E-state index contributed by atoms with van der Waals surface area (Å²) in [6.45, 7) is 8.78. The molecule has 0 spiro atoms. The highest BCUT2D eigenvalue weighted by molar-refractivity contribution is 5.93. The van der Waals surface area contributed by atoms with E-state index < -0.39 is 5.60 Å². The summed E-state index contributed by atoms with van der Waals surface area (Å²) in [5.41, 5.74) is 3.04. The van der Waals surface area contributed by atoms with Gasteiger partial charge < -0.3 is 19.1 Å². The van der Waals surface area contributed by atoms with Crippen molar-refractivity contribution in [3.8, 4) is 11.3 Å². The molecule has 2 atom stereocenters. The molecule has 0 radical (unpaired) electrons. The maximum atomic E-state index is 12.5. The monoisotopic (exact) mass is 470 g/mol. The van der Waals surface area contributed by atoms with Gasteiger partial charge in [0.1, 0.15) is 16.8 Å². The summed E-state index contributed by atoms with van der Waals surface area (Å²) < 4.78 is 7.54. The Morgan fingerprint density at radius 3 is 2.40 bits per heavy atom. The van der Waals surface area contributed by atoms with Gasteiger partial charge in [-0.2, -0.15) is 4.98 Å². The molecule has 180 valence electrons. The summed E-state index contributed by atoms with van der Waals surface area (Å²) in [7, 11) is 1.97. The highest BCUT2D eigenvalue weighted by Gasteiger charge is 2.43. The number of anilines is 1. The van der Waals surface area contributed by atoms with Gasteiger partial charge in [-0.25, -0.2) is 14.8 Å². The minimum atomic E-state index is -0.480. The summed E-state index contributed by atoms with van der Waals surface area (Å²) in [5.74, 6) is 1.50. The van der Waals surface area contributed by atoms with Crippen LogP contribution < -0.4 is 4.90 Å². The maximum absolute atomic E-state index is 12.5. The predicted molar refractivity (Wildman–Crippen MR) is 136 cm³/mol. The average Bonchev–Trinajstić information content (AvgIpc) is 3.51. The van der Waals surface area contributed by atoms with Gasteiger partial charge in [-0.15, -0.1) is 0 Å². The molecule has 2 aliphatic heterocycles. The number of hydrogen-bond donors (Lipinski definition) is 0. The smallest absolute Gasteiger partial charge is 0.410 e. The number of imidazole rings is 1. The third-order valence-corrected chi connectivity index (χ3v) is 6.99. The van der Waals surface area contributed by atoms with Crippen molar-refractivity contribution < 1.29 is 9.53 Å². The molecule has 6 rings (SSSR count). The Balaban J connectivity index is 1.30. The zero-order chi connectivity index (χ0) is 24.3. The first-order valence-corrected chi connectivity index (χ1v) is 12.2. The van der Waals surface area contributed by atoms with E-state index in [-0.39, 0.29) is 6.09 Å². The molecule has 0 bridgehead atoms. The van der Waals surface area contributed by atoms with E-state index >= 15 is 0 Å². The zero-order valence-corrected chi connectivity index (χ0v) is 20.6. The molecule has 8 heteroatoms. The third kappa shape index (κ3) is 3.96. The standard InChI is InChI=1S/C27H30N6O2/c1-27(2,3)35-26(34)33-14-20-12-32(13-21(20)15-33)25-29-22(23-24(30-25)31(4)16-28-23)19-10-9-17-7-5-6-8-18(17)11-19/h5-11,16,20-21H,12-15H2,1-4H3. The molecule has 2 aromatic heterocycles. The fraction of sp³-hybridized carbons (Fsp3) is 0.407. The molecule has 1 amide bonds. The summed E-state index contributed by atoms with van der Waals surface area (Å²) in [5, 5.41) is 2.37. The first kappa shape index (κ1) is 21.8. The van der Waals surface area contributed by atoms with Crippen molar-refractivity contribution in [2.45, 2.75) is 26.4 Å². The van der Waals surface area contributed by atoms with Crippen molar-refractivity contribution in [2.75, 3.05) is 31.1 Å². The molecule has 2 saturated heterocycles. The van der Waals surface area contributed by atoms with E-state index in [1.807, 2.05) is 37.3 Å². The molecule has 2 unspecified atom stereocenters. The number of aromatic nitrogens is 4. The summed E-state index contributed by atoms with van der Waals surface area (Å²) in [4.78, 5) is 31.2. The number of likely N-dealkylation sites (tertiary alicyclic amines) is 1. The lowest BCUT2D eigenvalue weighted by atomic mass is 10.0. The minimum absolute atomic E-state index is 0.218. The molecule has 2 fully saturated rings. The van der Waals surface area contributed by atoms with Crippen LogP contribution in [0.25, 0.3) is 33.2 Å². The van der Waals surface area contributed by atoms with Gasteiger partial charge in [-0.3, -0.25) is 0 Å². The van der Waals surface area contributed by atoms with E-state index in [2.05, 4.69) is 52.3 Å². The lowest BCUT2D eigenvalue weighted by molar-refractivity contribution is 0.0282. The Labute approximate surface area is 204 Å². The number of aryl methyl sites for hydroxylation is 1. The minimum Gasteiger partial charge on any atom is -0.444 e. The van der Waals surface area contributed by atoms with E-state index in [9.17, 15) is 4.79 Å². The average molecular weight is 471 g/mol. The molecule has 4 aromatic rings. The van der Waals surface area contributed by atoms with Crippen LogP contribution in [0.3, 0.4) is 0 Å². The number of hydrogen-bond acceptors (Lipinski definition) is 6. The van der Waals surface area contributed by atoms with Crippen LogP contribution >= 0.6 is 0 Å². The molecule has 2 aliphatic rings. The molecule has 2 aromatic carbocycles. The van der Waals surface area contributed by atoms with Crippen molar-refractivity contribution in [2.24, 2.45) is 18.9 Å². The van der Waals surface area contributed by atoms with Gasteiger partial charge in [-0.1, -0.05) is 36.4 Å². The van der Waals surface area contributed by atoms with Gasteiger partial charge in [0.25, 0.3) is 0 Å². The normalized spacial score (nSPS) is 20.1. The lowest BCUT2D eigenvalue weighted by Crippen LogP contribution is -2.37. The van der Waals surface area contributed by atoms with Crippen molar-refractivity contribution in [1.29, 1.82) is 0 Å². The summed E-state index contributed by atoms with van der Waals surface area (Å²) >= 11 is 0. The number of fused-ring (bicyclic) bond motifs is 3. The number of nitrogens with zero attached hydrogens (tertiary/aromatic N) is 6. The molecule has 35 heavy (non-hydrogen) atoms. The van der Waals surface area contributed by atoms with E-state index in [1.54, 1.807) is 6.33 Å². The number of carbonyl (C=O) groups is 1. The SMILES string of the molecule is Cn1cnc2c(-c3ccc4ccccc4c3)nc(N3CC4CN(C(=O)OC(C)(C)C)CC4C3)nc21. The van der Waals surface area contributed by atoms with Crippen LogP contribution in [0.15, 0.2) is 48.8 Å². The molecular formula is C27H30N6O2. The second kappa shape index (κ2) is 7.93. The molecule has 0 aliphatic carbocycles. The van der Waals surface area contributed by atoms with Crippen molar-refractivity contribution in [1.82, 2.24) is 24.4 Å². The van der Waals surface area contributed by atoms with Crippen LogP contribution in [-0.2, 0) is 11.8 Å². The lowest BCUT2D eigenvalue weighted by Gasteiger charge is -2.26. The molecule has 0 N–H and O–H groups in total. The number of amides is 1. The number of benzene rings is 2. The Kier molecular flexibility index (Phi) is 4.95. The Morgan fingerprint density at radius 2 is 1.69 bits per heavy atom. The molecule has 8 nitrogen and oxygen atoms in total. The van der Waals surface area contributed by atoms with E-state index in [1.165, 1.54) is 10.8 Å². The second-order valence-corrected chi connectivity index (χ2v) is 10.8. The summed E-state index contributed by atoms with van der Waals surface area (Å²) in [6.07, 6.45) is 1.58. The highest BCUT2D eigenvalue weighted by atomic mass is 16.6. The van der Waals surface area contributed by atoms with Gasteiger partial charge in [-0.05, 0) is 37.6 Å². The zero-order valence-electron chi connectivity index (χ0n) is 20.6. The van der Waals surface area contributed by atoms with Crippen LogP contribution in [-0.4, -0.2) is 62.3 Å². The van der Waals surface area contributed by atoms with Crippen LogP contribution in [0, 0.1) is 11.8 Å². The van der Waals surface area contributed by atoms with Gasteiger partial charge in [0, 0.05) is 50.6 Å². The van der Waals surface area contributed by atoms with Crippen molar-refractivity contribution >= 4 is 34.0 Å². The van der Waals surface area contributed by atoms with E-state index in [0.717, 1.165) is 41.5 Å². The Bertz CT molecular complexity index is 1420. The van der Waals surface area contributed by atoms with Gasteiger partial charge in [0.2, 0.25) is 5.95 Å². The van der Waals surface area contributed by atoms with Crippen LogP contribution in [0.5, 0.6) is 0 Å². The van der Waals surface area contributed by atoms with Gasteiger partial charge >= 0.3 is 6.09 Å². The van der Waals surface area contributed by atoms with Gasteiger partial charge in [0.05, 0.1) is 6.33 Å². The Hall–Kier alpha value is -3.68. The maximum Gasteiger partial charge on any atom is 0.410 e. The Morgan fingerprint density at radius 1 is 0.971 bits per heavy atom. The first-order valence-electron chi connectivity index (χ1n) is 12.2. The third-order valence-electron chi connectivity index (χ3n) is 6.99. The molecule has 0 saturated carbocycles. The number of ether oxygens (including phenoxy) is 1. The fourth-order valence-electron chi connectivity index (χ4n) is 5.31. The fourth-order valence-corrected chi connectivity index (χ4v) is 5.31. The topological polar surface area (TPSA) is 76.4 Å². The van der Waals surface area contributed by atoms with E-state index in [0.29, 0.717) is 24.9 Å². The molecular weight excluding hydrogens is 440 g/mol. The van der Waals surface area contributed by atoms with Crippen molar-refractivity contribution in [3.05, 3.63) is 48.8 Å². The number of rotatable bonds is 2. The van der Waals surface area contributed by atoms with Crippen LogP contribution in [0.2, 0.25) is 0 Å². The molecule has 4 heterocycles. The number of carbonyl (C=O) groups excluding carboxylic acids is 1. The van der Waals surface area contributed by atoms with Crippen molar-refractivity contribution in [3.63, 3.8) is 0 Å². The quantitative estimate of drug-likeness (QED) is 0.430. The second-order valence-electron chi connectivity index (χ2n) is 10.8. The highest BCUT2D eigenvalue weighted by Crippen LogP contribution is 2.36. The predicted octanol–water partition coefficient (Wildman–Crippen LogP) is 4.49. The summed E-state index contributed by atoms with van der Waals surface area (Å²) in [6, 6.07) is 14.8. The van der Waals surface area contributed by atoms with Crippen LogP contribution in [0.1, 0.15) is 20.8 Å².